The first kappa shape index (κ1) is 19.3. The summed E-state index contributed by atoms with van der Waals surface area (Å²) in [5, 5.41) is 0. The Bertz CT molecular complexity index is 1330. The van der Waals surface area contributed by atoms with Crippen LogP contribution in [0.25, 0.3) is 17.1 Å². The molecular weight excluding hydrogens is 398 g/mol. The molecule has 152 valence electrons. The van der Waals surface area contributed by atoms with Crippen LogP contribution in [-0.4, -0.2) is 23.3 Å². The molecule has 1 aliphatic rings. The largest absolute Gasteiger partial charge is 0.463 e. The summed E-state index contributed by atoms with van der Waals surface area (Å²) in [6.45, 7) is 7.29. The molecule has 0 bridgehead atoms. The van der Waals surface area contributed by atoms with Gasteiger partial charge in [-0.05, 0) is 30.3 Å². The van der Waals surface area contributed by atoms with Crippen molar-refractivity contribution in [1.29, 1.82) is 0 Å². The molecule has 0 N–H and O–H groups in total. The van der Waals surface area contributed by atoms with E-state index in [0.29, 0.717) is 6.54 Å². The van der Waals surface area contributed by atoms with Crippen molar-refractivity contribution in [3.63, 3.8) is 0 Å². The van der Waals surface area contributed by atoms with Crippen molar-refractivity contribution in [3.8, 4) is 28.6 Å². The van der Waals surface area contributed by atoms with E-state index in [0.717, 1.165) is 45.2 Å². The Labute approximate surface area is 183 Å². The van der Waals surface area contributed by atoms with E-state index in [2.05, 4.69) is 71.0 Å². The Kier molecular flexibility index (Phi) is 4.72. The molecule has 0 aliphatic carbocycles. The molecule has 0 radical (unpaired) electrons. The molecule has 0 amide bonds. The Morgan fingerprint density at radius 2 is 1.84 bits per heavy atom. The number of hydrogen-bond donors (Lipinski definition) is 0. The number of furan rings is 1. The van der Waals surface area contributed by atoms with E-state index in [9.17, 15) is 0 Å². The van der Waals surface area contributed by atoms with E-state index >= 15 is 0 Å². The van der Waals surface area contributed by atoms with Crippen LogP contribution in [0.2, 0.25) is 19.6 Å². The lowest BCUT2D eigenvalue weighted by Crippen LogP contribution is -2.16. The molecule has 5 rings (SSSR count). The zero-order valence-electron chi connectivity index (χ0n) is 17.9. The van der Waals surface area contributed by atoms with Crippen LogP contribution in [0.4, 0.5) is 0 Å². The van der Waals surface area contributed by atoms with Gasteiger partial charge in [-0.15, -0.1) is 5.54 Å². The molecular formula is C26H23N3OSi. The molecule has 0 saturated heterocycles. The fraction of sp³-hybridized carbons (Fsp3) is 0.154. The Morgan fingerprint density at radius 3 is 2.58 bits per heavy atom. The van der Waals surface area contributed by atoms with Gasteiger partial charge < -0.3 is 4.42 Å². The maximum Gasteiger partial charge on any atom is 0.154 e. The highest BCUT2D eigenvalue weighted by Gasteiger charge is 2.23. The van der Waals surface area contributed by atoms with Gasteiger partial charge in [-0.25, -0.2) is 4.98 Å². The molecule has 0 saturated carbocycles. The number of fused-ring (bicyclic) bond motifs is 3. The number of aromatic nitrogens is 2. The second-order valence-corrected chi connectivity index (χ2v) is 13.4. The zero-order valence-corrected chi connectivity index (χ0v) is 18.9. The van der Waals surface area contributed by atoms with Gasteiger partial charge in [-0.2, -0.15) is 0 Å². The molecule has 0 unspecified atom stereocenters. The lowest BCUT2D eigenvalue weighted by atomic mass is 9.98. The fourth-order valence-corrected chi connectivity index (χ4v) is 4.23. The summed E-state index contributed by atoms with van der Waals surface area (Å²) in [5.74, 6) is 4.15. The summed E-state index contributed by atoms with van der Waals surface area (Å²) < 4.78 is 7.76. The smallest absolute Gasteiger partial charge is 0.154 e. The predicted octanol–water partition coefficient (Wildman–Crippen LogP) is 5.71. The molecule has 4 aromatic rings. The molecule has 1 aliphatic heterocycles. The van der Waals surface area contributed by atoms with Crippen LogP contribution in [0.15, 0.2) is 82.7 Å². The quantitative estimate of drug-likeness (QED) is 0.307. The first-order chi connectivity index (χ1) is 15.0. The Morgan fingerprint density at radius 1 is 1.00 bits per heavy atom. The van der Waals surface area contributed by atoms with E-state index in [1.165, 1.54) is 0 Å². The molecule has 3 heterocycles. The van der Waals surface area contributed by atoms with Gasteiger partial charge in [0.2, 0.25) is 0 Å². The third-order valence-corrected chi connectivity index (χ3v) is 6.02. The van der Waals surface area contributed by atoms with Gasteiger partial charge in [0.05, 0.1) is 29.9 Å². The van der Waals surface area contributed by atoms with Crippen molar-refractivity contribution in [2.75, 3.05) is 0 Å². The minimum Gasteiger partial charge on any atom is -0.463 e. The van der Waals surface area contributed by atoms with Crippen molar-refractivity contribution in [2.24, 2.45) is 4.99 Å². The minimum atomic E-state index is -1.47. The van der Waals surface area contributed by atoms with Crippen molar-refractivity contribution < 1.29 is 4.42 Å². The summed E-state index contributed by atoms with van der Waals surface area (Å²) in [5.41, 5.74) is 10.5. The number of aliphatic imine (C=N–C) groups is 1. The van der Waals surface area contributed by atoms with E-state index in [-0.39, 0.29) is 0 Å². The third-order valence-electron chi connectivity index (χ3n) is 5.15. The van der Waals surface area contributed by atoms with Crippen molar-refractivity contribution in [2.45, 2.75) is 26.2 Å². The zero-order chi connectivity index (χ0) is 21.4. The Balaban J connectivity index is 1.71. The monoisotopic (exact) mass is 421 g/mol. The van der Waals surface area contributed by atoms with Crippen molar-refractivity contribution >= 4 is 13.8 Å². The fourth-order valence-electron chi connectivity index (χ4n) is 3.71. The number of benzene rings is 2. The van der Waals surface area contributed by atoms with Gasteiger partial charge in [0.15, 0.2) is 5.76 Å². The number of hydrogen-bond acceptors (Lipinski definition) is 3. The van der Waals surface area contributed by atoms with Crippen molar-refractivity contribution in [1.82, 2.24) is 9.55 Å². The van der Waals surface area contributed by atoms with Crippen LogP contribution in [0.1, 0.15) is 22.4 Å². The van der Waals surface area contributed by atoms with Crippen LogP contribution in [0, 0.1) is 11.5 Å². The second kappa shape index (κ2) is 7.57. The maximum atomic E-state index is 5.63. The minimum absolute atomic E-state index is 0.519. The molecule has 2 aromatic heterocycles. The average Bonchev–Trinajstić information content (AvgIpc) is 3.40. The summed E-state index contributed by atoms with van der Waals surface area (Å²) in [4.78, 5) is 9.69. The van der Waals surface area contributed by atoms with E-state index < -0.39 is 8.07 Å². The number of rotatable bonds is 2. The maximum absolute atomic E-state index is 5.63. The van der Waals surface area contributed by atoms with Crippen LogP contribution in [0.5, 0.6) is 0 Å². The van der Waals surface area contributed by atoms with Gasteiger partial charge in [-0.3, -0.25) is 9.56 Å². The number of nitrogens with zero attached hydrogens (tertiary/aromatic N) is 3. The van der Waals surface area contributed by atoms with Crippen LogP contribution < -0.4 is 0 Å². The highest BCUT2D eigenvalue weighted by atomic mass is 28.3. The van der Waals surface area contributed by atoms with Crippen LogP contribution in [0.3, 0.4) is 0 Å². The summed E-state index contributed by atoms with van der Waals surface area (Å²) in [6.07, 6.45) is 3.54. The summed E-state index contributed by atoms with van der Waals surface area (Å²) >= 11 is 0. The molecule has 0 fully saturated rings. The molecule has 2 aromatic carbocycles. The first-order valence-electron chi connectivity index (χ1n) is 10.4. The molecule has 0 spiro atoms. The highest BCUT2D eigenvalue weighted by Crippen LogP contribution is 2.31. The standard InChI is InChI=1S/C26H23N3OSi/c1-31(2,3)15-13-19-11-12-22-21(16-19)25(20-8-5-4-6-9-20)27-17-23-26(28-18-29(22)23)24-10-7-14-30-24/h4-12,14,16,18H,17H2,1-3H3. The summed E-state index contributed by atoms with van der Waals surface area (Å²) in [7, 11) is -1.47. The van der Waals surface area contributed by atoms with Gasteiger partial charge in [0.1, 0.15) is 20.1 Å². The predicted molar refractivity (Wildman–Crippen MR) is 127 cm³/mol. The molecule has 4 nitrogen and oxygen atoms in total. The summed E-state index contributed by atoms with van der Waals surface area (Å²) in [6, 6.07) is 20.5. The van der Waals surface area contributed by atoms with Gasteiger partial charge >= 0.3 is 0 Å². The van der Waals surface area contributed by atoms with Crippen LogP contribution >= 0.6 is 0 Å². The highest BCUT2D eigenvalue weighted by molar-refractivity contribution is 6.83. The average molecular weight is 422 g/mol. The van der Waals surface area contributed by atoms with Crippen LogP contribution in [-0.2, 0) is 6.54 Å². The lowest BCUT2D eigenvalue weighted by molar-refractivity contribution is 0.579. The lowest BCUT2D eigenvalue weighted by Gasteiger charge is -2.12. The third kappa shape index (κ3) is 3.78. The molecule has 31 heavy (non-hydrogen) atoms. The topological polar surface area (TPSA) is 43.3 Å². The first-order valence-corrected chi connectivity index (χ1v) is 13.9. The normalized spacial score (nSPS) is 12.8. The second-order valence-electron chi connectivity index (χ2n) is 8.65. The SMILES string of the molecule is C[Si](C)(C)C#Cc1ccc2c(c1)C(c1ccccc1)=NCc1c(-c3ccco3)ncn1-2. The van der Waals surface area contributed by atoms with E-state index in [4.69, 9.17) is 9.41 Å². The van der Waals surface area contributed by atoms with Gasteiger partial charge in [-0.1, -0.05) is 55.9 Å². The van der Waals surface area contributed by atoms with E-state index in [1.54, 1.807) is 6.26 Å². The number of imidazole rings is 1. The molecule has 5 heteroatoms. The van der Waals surface area contributed by atoms with Gasteiger partial charge in [0.25, 0.3) is 0 Å². The van der Waals surface area contributed by atoms with E-state index in [1.807, 2.05) is 36.7 Å². The van der Waals surface area contributed by atoms with Gasteiger partial charge in [0, 0.05) is 16.7 Å². The Hall–Kier alpha value is -3.62. The van der Waals surface area contributed by atoms with Crippen molar-refractivity contribution in [3.05, 3.63) is 95.6 Å². The molecule has 0 atom stereocenters.